The molecule has 2 heterocycles. The lowest BCUT2D eigenvalue weighted by molar-refractivity contribution is -0.384. The molecular weight excluding hydrogens is 423 g/mol. The molecule has 0 N–H and O–H groups in total. The molecule has 24 heavy (non-hydrogen) atoms. The summed E-state index contributed by atoms with van der Waals surface area (Å²) < 4.78 is 8.64. The lowest BCUT2D eigenvalue weighted by Gasteiger charge is -2.34. The van der Waals surface area contributed by atoms with Gasteiger partial charge in [-0.3, -0.25) is 14.8 Å². The minimum atomic E-state index is -0.316. The topological polar surface area (TPSA) is 73.4 Å². The van der Waals surface area contributed by atoms with Crippen LogP contribution in [0.15, 0.2) is 24.3 Å². The number of hydrogen-bond acceptors (Lipinski definition) is 5. The highest BCUT2D eigenvalue weighted by Crippen LogP contribution is 2.31. The molecule has 8 heteroatoms. The van der Waals surface area contributed by atoms with Crippen LogP contribution < -0.4 is 4.90 Å². The summed E-state index contributed by atoms with van der Waals surface area (Å²) in [6.07, 6.45) is -0.0457. The van der Waals surface area contributed by atoms with Crippen LogP contribution >= 0.6 is 22.6 Å². The zero-order valence-corrected chi connectivity index (χ0v) is 15.8. The highest BCUT2D eigenvalue weighted by Gasteiger charge is 2.26. The van der Waals surface area contributed by atoms with Crippen LogP contribution in [-0.2, 0) is 11.3 Å². The van der Waals surface area contributed by atoms with E-state index in [4.69, 9.17) is 4.74 Å². The van der Waals surface area contributed by atoms with Crippen LogP contribution in [0.3, 0.4) is 0 Å². The Morgan fingerprint density at radius 1 is 1.42 bits per heavy atom. The van der Waals surface area contributed by atoms with Crippen LogP contribution in [0.25, 0.3) is 0 Å². The summed E-state index contributed by atoms with van der Waals surface area (Å²) in [5, 5.41) is 15.8. The van der Waals surface area contributed by atoms with E-state index in [0.29, 0.717) is 31.9 Å². The van der Waals surface area contributed by atoms with Crippen LogP contribution in [-0.4, -0.2) is 40.5 Å². The largest absolute Gasteiger partial charge is 0.373 e. The van der Waals surface area contributed by atoms with Crippen molar-refractivity contribution in [2.24, 2.45) is 0 Å². The first-order valence-corrected chi connectivity index (χ1v) is 8.83. The number of rotatable bonds is 4. The Bertz CT molecular complexity index is 762. The first-order chi connectivity index (χ1) is 11.4. The normalized spacial score (nSPS) is 18.0. The first-order valence-electron chi connectivity index (χ1n) is 7.75. The van der Waals surface area contributed by atoms with E-state index in [0.717, 1.165) is 15.0 Å². The van der Waals surface area contributed by atoms with Gasteiger partial charge in [-0.25, -0.2) is 0 Å². The van der Waals surface area contributed by atoms with Crippen molar-refractivity contribution in [3.8, 4) is 0 Å². The van der Waals surface area contributed by atoms with Crippen molar-refractivity contribution in [2.75, 3.05) is 24.6 Å². The molecular formula is C16H19IN4O3. The van der Waals surface area contributed by atoms with Crippen molar-refractivity contribution >= 4 is 34.0 Å². The number of nitro benzene ring substituents is 1. The summed E-state index contributed by atoms with van der Waals surface area (Å²) in [6.45, 7) is 6.44. The number of benzene rings is 1. The molecule has 1 aromatic carbocycles. The fourth-order valence-electron chi connectivity index (χ4n) is 3.01. The van der Waals surface area contributed by atoms with Crippen molar-refractivity contribution in [2.45, 2.75) is 26.5 Å². The lowest BCUT2D eigenvalue weighted by atomic mass is 10.2. The van der Waals surface area contributed by atoms with Crippen molar-refractivity contribution in [1.29, 1.82) is 0 Å². The second-order valence-corrected chi connectivity index (χ2v) is 7.18. The van der Waals surface area contributed by atoms with E-state index in [1.54, 1.807) is 6.07 Å². The van der Waals surface area contributed by atoms with Crippen molar-refractivity contribution in [3.05, 3.63) is 49.3 Å². The predicted octanol–water partition coefficient (Wildman–Crippen LogP) is 2.92. The van der Waals surface area contributed by atoms with Crippen LogP contribution in [0.5, 0.6) is 0 Å². The number of nitro groups is 1. The molecule has 1 aliphatic rings. The molecule has 1 aromatic heterocycles. The monoisotopic (exact) mass is 442 g/mol. The third-order valence-electron chi connectivity index (χ3n) is 4.09. The molecule has 0 aliphatic carbocycles. The van der Waals surface area contributed by atoms with Gasteiger partial charge in [-0.1, -0.05) is 0 Å². The Morgan fingerprint density at radius 2 is 2.21 bits per heavy atom. The average Bonchev–Trinajstić information content (AvgIpc) is 2.85. The highest BCUT2D eigenvalue weighted by atomic mass is 127. The summed E-state index contributed by atoms with van der Waals surface area (Å²) in [5.41, 5.74) is 2.87. The quantitative estimate of drug-likeness (QED) is 0.414. The van der Waals surface area contributed by atoms with Gasteiger partial charge in [-0.2, -0.15) is 5.10 Å². The van der Waals surface area contributed by atoms with Crippen LogP contribution in [0.4, 0.5) is 11.4 Å². The summed E-state index contributed by atoms with van der Waals surface area (Å²) in [5.74, 6) is 0. The van der Waals surface area contributed by atoms with Crippen LogP contribution in [0, 0.1) is 27.5 Å². The van der Waals surface area contributed by atoms with Crippen LogP contribution in [0.2, 0.25) is 0 Å². The van der Waals surface area contributed by atoms with Gasteiger partial charge in [0.05, 0.1) is 29.9 Å². The number of anilines is 1. The molecule has 0 radical (unpaired) electrons. The van der Waals surface area contributed by atoms with Gasteiger partial charge in [0.2, 0.25) is 0 Å². The molecule has 1 aliphatic heterocycles. The molecule has 128 valence electrons. The third kappa shape index (κ3) is 3.69. The number of morpholine rings is 1. The Balaban J connectivity index is 1.79. The molecule has 1 fully saturated rings. The first kappa shape index (κ1) is 17.2. The van der Waals surface area contributed by atoms with E-state index in [-0.39, 0.29) is 16.7 Å². The number of nitrogens with zero attached hydrogens (tertiary/aromatic N) is 4. The van der Waals surface area contributed by atoms with Gasteiger partial charge >= 0.3 is 0 Å². The lowest BCUT2D eigenvalue weighted by Crippen LogP contribution is -2.44. The van der Waals surface area contributed by atoms with E-state index < -0.39 is 0 Å². The summed E-state index contributed by atoms with van der Waals surface area (Å²) in [4.78, 5) is 13.1. The standard InChI is InChI=1S/C16H19IN4O3/c1-11-7-12(2)20(18-11)10-14-9-19(5-6-24-14)15-4-3-13(17)8-16(15)21(22)23/h3-4,7-8,14H,5-6,9-10H2,1-2H3. The van der Waals surface area contributed by atoms with E-state index >= 15 is 0 Å². The SMILES string of the molecule is Cc1cc(C)n(CC2CN(c3ccc(I)cc3[N+](=O)[O-])CCO2)n1. The number of ether oxygens (including phenoxy) is 1. The maximum absolute atomic E-state index is 11.4. The van der Waals surface area contributed by atoms with Gasteiger partial charge in [-0.15, -0.1) is 0 Å². The third-order valence-corrected chi connectivity index (χ3v) is 4.76. The van der Waals surface area contributed by atoms with E-state index in [1.807, 2.05) is 41.6 Å². The Morgan fingerprint density at radius 3 is 2.88 bits per heavy atom. The molecule has 0 bridgehead atoms. The maximum Gasteiger partial charge on any atom is 0.293 e. The number of aryl methyl sites for hydroxylation is 2. The van der Waals surface area contributed by atoms with Crippen molar-refractivity contribution in [3.63, 3.8) is 0 Å². The summed E-state index contributed by atoms with van der Waals surface area (Å²) >= 11 is 2.09. The summed E-state index contributed by atoms with van der Waals surface area (Å²) in [7, 11) is 0. The van der Waals surface area contributed by atoms with Crippen molar-refractivity contribution in [1.82, 2.24) is 9.78 Å². The number of hydrogen-bond donors (Lipinski definition) is 0. The van der Waals surface area contributed by atoms with Gasteiger partial charge in [0, 0.05) is 28.4 Å². The Kier molecular flexibility index (Phi) is 5.04. The highest BCUT2D eigenvalue weighted by molar-refractivity contribution is 14.1. The molecule has 1 unspecified atom stereocenters. The smallest absolute Gasteiger partial charge is 0.293 e. The zero-order valence-electron chi connectivity index (χ0n) is 13.6. The summed E-state index contributed by atoms with van der Waals surface area (Å²) in [6, 6.07) is 7.37. The fraction of sp³-hybridized carbons (Fsp3) is 0.438. The molecule has 7 nitrogen and oxygen atoms in total. The van der Waals surface area contributed by atoms with Gasteiger partial charge in [0.25, 0.3) is 5.69 Å². The van der Waals surface area contributed by atoms with E-state index in [1.165, 1.54) is 0 Å². The second-order valence-electron chi connectivity index (χ2n) is 5.94. The minimum Gasteiger partial charge on any atom is -0.373 e. The second kappa shape index (κ2) is 7.06. The Labute approximate surface area is 153 Å². The molecule has 1 saturated heterocycles. The Hall–Kier alpha value is -1.68. The predicted molar refractivity (Wildman–Crippen MR) is 99.5 cm³/mol. The molecule has 3 rings (SSSR count). The molecule has 0 spiro atoms. The molecule has 0 amide bonds. The van der Waals surface area contributed by atoms with Gasteiger partial charge in [0.1, 0.15) is 5.69 Å². The molecule has 2 aromatic rings. The maximum atomic E-state index is 11.4. The van der Waals surface area contributed by atoms with E-state index in [9.17, 15) is 10.1 Å². The zero-order chi connectivity index (χ0) is 17.3. The average molecular weight is 442 g/mol. The van der Waals surface area contributed by atoms with E-state index in [2.05, 4.69) is 27.7 Å². The minimum absolute atomic E-state index is 0.0457. The molecule has 0 saturated carbocycles. The van der Waals surface area contributed by atoms with Gasteiger partial charge in [0.15, 0.2) is 0 Å². The van der Waals surface area contributed by atoms with Crippen LogP contribution in [0.1, 0.15) is 11.4 Å². The van der Waals surface area contributed by atoms with Crippen molar-refractivity contribution < 1.29 is 9.66 Å². The molecule has 1 atom stereocenters. The van der Waals surface area contributed by atoms with Gasteiger partial charge < -0.3 is 9.64 Å². The number of aromatic nitrogens is 2. The number of halogens is 1. The fourth-order valence-corrected chi connectivity index (χ4v) is 3.49. The van der Waals surface area contributed by atoms with Gasteiger partial charge in [-0.05, 0) is 54.6 Å².